The average molecular weight is 581 g/mol. The monoisotopic (exact) mass is 580 g/mol. The predicted molar refractivity (Wildman–Crippen MR) is 156 cm³/mol. The lowest BCUT2D eigenvalue weighted by molar-refractivity contribution is 0.00905. The molecule has 1 unspecified atom stereocenters. The van der Waals surface area contributed by atoms with Crippen LogP contribution in [0.4, 0.5) is 14.6 Å². The fourth-order valence-electron chi connectivity index (χ4n) is 5.18. The van der Waals surface area contributed by atoms with E-state index in [2.05, 4.69) is 22.9 Å². The van der Waals surface area contributed by atoms with Gasteiger partial charge in [-0.05, 0) is 44.5 Å². The highest BCUT2D eigenvalue weighted by atomic mass is 35.5. The third kappa shape index (κ3) is 5.27. The highest BCUT2D eigenvalue weighted by Crippen LogP contribution is 2.45. The van der Waals surface area contributed by atoms with Crippen LogP contribution in [0.5, 0.6) is 5.75 Å². The van der Waals surface area contributed by atoms with Crippen LogP contribution in [0.15, 0.2) is 36.9 Å². The van der Waals surface area contributed by atoms with Gasteiger partial charge in [0.25, 0.3) is 0 Å². The molecule has 1 fully saturated rings. The van der Waals surface area contributed by atoms with Gasteiger partial charge in [-0.1, -0.05) is 30.3 Å². The third-order valence-corrected chi connectivity index (χ3v) is 8.29. The van der Waals surface area contributed by atoms with Crippen molar-refractivity contribution in [3.63, 3.8) is 0 Å². The molecule has 2 aliphatic rings. The van der Waals surface area contributed by atoms with Crippen LogP contribution in [0.25, 0.3) is 26.9 Å². The number of thiophene rings is 1. The summed E-state index contributed by atoms with van der Waals surface area (Å²) in [5.74, 6) is 0.618. The number of anilines is 1. The molecule has 2 aliphatic heterocycles. The van der Waals surface area contributed by atoms with Gasteiger partial charge in [-0.2, -0.15) is 5.26 Å². The van der Waals surface area contributed by atoms with Gasteiger partial charge < -0.3 is 24.4 Å². The van der Waals surface area contributed by atoms with E-state index in [1.165, 1.54) is 11.3 Å². The zero-order valence-electron chi connectivity index (χ0n) is 22.4. The quantitative estimate of drug-likeness (QED) is 0.340. The summed E-state index contributed by atoms with van der Waals surface area (Å²) in [6.07, 6.45) is -0.880. The van der Waals surface area contributed by atoms with Crippen molar-refractivity contribution in [2.45, 2.75) is 38.8 Å². The molecule has 9 nitrogen and oxygen atoms in total. The molecular formula is C29H29ClN4O5S. The Morgan fingerprint density at radius 1 is 1.25 bits per heavy atom. The first kappa shape index (κ1) is 27.6. The molecule has 2 aromatic carbocycles. The number of ether oxygens (including phenoxy) is 2. The number of piperazine rings is 1. The molecule has 0 aliphatic carbocycles. The molecule has 1 aromatic heterocycles. The molecular weight excluding hydrogens is 552 g/mol. The molecule has 0 spiro atoms. The molecule has 3 heterocycles. The number of hydrogen-bond acceptors (Lipinski definition) is 7. The molecule has 5 rings (SSSR count). The Morgan fingerprint density at radius 2 is 2.02 bits per heavy atom. The van der Waals surface area contributed by atoms with Crippen molar-refractivity contribution in [3.05, 3.63) is 53.1 Å². The van der Waals surface area contributed by atoms with Crippen LogP contribution in [-0.2, 0) is 4.74 Å². The van der Waals surface area contributed by atoms with Crippen LogP contribution in [0.1, 0.15) is 38.3 Å². The Morgan fingerprint density at radius 3 is 2.73 bits per heavy atom. The van der Waals surface area contributed by atoms with Crippen LogP contribution < -0.4 is 10.1 Å². The van der Waals surface area contributed by atoms with E-state index in [-0.39, 0.29) is 22.7 Å². The average Bonchev–Trinajstić information content (AvgIpc) is 3.23. The second-order valence-corrected chi connectivity index (χ2v) is 12.2. The Bertz CT molecular complexity index is 1570. The molecule has 0 saturated carbocycles. The largest absolute Gasteiger partial charge is 0.493 e. The topological polar surface area (TPSA) is 115 Å². The summed E-state index contributed by atoms with van der Waals surface area (Å²) in [6.45, 7) is 12.0. The van der Waals surface area contributed by atoms with Gasteiger partial charge in [-0.25, -0.2) is 9.59 Å². The SMILES string of the molecule is C=C1c2cc(Cl)c(-c3cccc4sc(NC(=O)O)c(C#N)c34)cc2OCCC2CN(C(=O)OC(C)(C)C)CCN12. The van der Waals surface area contributed by atoms with E-state index in [4.69, 9.17) is 21.1 Å². The normalized spacial score (nSPS) is 17.2. The van der Waals surface area contributed by atoms with Gasteiger partial charge in [-0.3, -0.25) is 5.32 Å². The number of halogens is 1. The molecule has 208 valence electrons. The fourth-order valence-corrected chi connectivity index (χ4v) is 6.51. The van der Waals surface area contributed by atoms with Crippen molar-refractivity contribution < 1.29 is 24.2 Å². The maximum absolute atomic E-state index is 12.7. The van der Waals surface area contributed by atoms with Crippen LogP contribution in [0.2, 0.25) is 5.02 Å². The first-order chi connectivity index (χ1) is 19.0. The van der Waals surface area contributed by atoms with Gasteiger partial charge in [0.2, 0.25) is 0 Å². The van der Waals surface area contributed by atoms with Crippen molar-refractivity contribution in [2.24, 2.45) is 0 Å². The maximum Gasteiger partial charge on any atom is 0.410 e. The summed E-state index contributed by atoms with van der Waals surface area (Å²) in [7, 11) is 0. The molecule has 1 atom stereocenters. The van der Waals surface area contributed by atoms with Crippen LogP contribution in [0.3, 0.4) is 0 Å². The standard InChI is InChI=1S/C29H29ClN4O5S/c1-16-19-12-22(30)20(18-6-5-7-24-25(18)21(14-31)26(40-24)32-27(35)36)13-23(19)38-11-8-17-15-33(9-10-34(16)17)28(37)39-29(2,3)4/h5-7,12-13,17,32H,1,8-11,15H2,2-4H3,(H,35,36). The lowest BCUT2D eigenvalue weighted by Gasteiger charge is -2.44. The highest BCUT2D eigenvalue weighted by Gasteiger charge is 2.35. The number of nitrogens with one attached hydrogen (secondary N) is 1. The number of nitriles is 1. The number of hydrogen-bond donors (Lipinski definition) is 2. The van der Waals surface area contributed by atoms with Crippen molar-refractivity contribution in [2.75, 3.05) is 31.6 Å². The highest BCUT2D eigenvalue weighted by molar-refractivity contribution is 7.23. The first-order valence-corrected chi connectivity index (χ1v) is 14.0. The third-order valence-electron chi connectivity index (χ3n) is 6.91. The minimum absolute atomic E-state index is 0.0123. The first-order valence-electron chi connectivity index (χ1n) is 12.8. The number of rotatable bonds is 2. The van der Waals surface area contributed by atoms with E-state index in [0.29, 0.717) is 59.9 Å². The number of carbonyl (C=O) groups excluding carboxylic acids is 1. The fraction of sp³-hybridized carbons (Fsp3) is 0.345. The van der Waals surface area contributed by atoms with E-state index in [1.54, 1.807) is 4.90 Å². The van der Waals surface area contributed by atoms with Crippen LogP contribution in [-0.4, -0.2) is 65.0 Å². The lowest BCUT2D eigenvalue weighted by Crippen LogP contribution is -2.55. The van der Waals surface area contributed by atoms with Gasteiger partial charge in [0.15, 0.2) is 0 Å². The maximum atomic E-state index is 12.7. The number of carboxylic acid groups (broad SMARTS) is 1. The summed E-state index contributed by atoms with van der Waals surface area (Å²) >= 11 is 8.07. The predicted octanol–water partition coefficient (Wildman–Crippen LogP) is 6.86. The van der Waals surface area contributed by atoms with Crippen molar-refractivity contribution in [3.8, 4) is 22.9 Å². The van der Waals surface area contributed by atoms with E-state index < -0.39 is 11.7 Å². The number of amides is 2. The Kier molecular flexibility index (Phi) is 7.29. The minimum Gasteiger partial charge on any atom is -0.493 e. The Labute approximate surface area is 241 Å². The van der Waals surface area contributed by atoms with E-state index in [1.807, 2.05) is 51.1 Å². The number of benzene rings is 2. The second kappa shape index (κ2) is 10.6. The van der Waals surface area contributed by atoms with Crippen molar-refractivity contribution in [1.29, 1.82) is 5.26 Å². The number of carbonyl (C=O) groups is 2. The summed E-state index contributed by atoms with van der Waals surface area (Å²) < 4.78 is 12.6. The van der Waals surface area contributed by atoms with Gasteiger partial charge in [0.05, 0.1) is 18.2 Å². The Hall–Kier alpha value is -3.94. The summed E-state index contributed by atoms with van der Waals surface area (Å²) in [5, 5.41) is 22.8. The molecule has 0 bridgehead atoms. The molecule has 2 N–H and O–H groups in total. The van der Waals surface area contributed by atoms with Crippen LogP contribution >= 0.6 is 22.9 Å². The molecule has 40 heavy (non-hydrogen) atoms. The van der Waals surface area contributed by atoms with Gasteiger partial charge in [0, 0.05) is 58.0 Å². The van der Waals surface area contributed by atoms with Gasteiger partial charge in [-0.15, -0.1) is 11.3 Å². The molecule has 2 amide bonds. The molecule has 11 heteroatoms. The number of fused-ring (bicyclic) bond motifs is 3. The van der Waals surface area contributed by atoms with Crippen molar-refractivity contribution >= 4 is 55.9 Å². The van der Waals surface area contributed by atoms with Crippen LogP contribution in [0, 0.1) is 11.3 Å². The minimum atomic E-state index is -1.24. The molecule has 3 aromatic rings. The zero-order chi connectivity index (χ0) is 28.8. The zero-order valence-corrected chi connectivity index (χ0v) is 24.0. The van der Waals surface area contributed by atoms with Crippen molar-refractivity contribution in [1.82, 2.24) is 9.80 Å². The summed E-state index contributed by atoms with van der Waals surface area (Å²) in [5.41, 5.74) is 2.58. The molecule has 0 radical (unpaired) electrons. The van der Waals surface area contributed by atoms with Gasteiger partial charge in [0.1, 0.15) is 22.4 Å². The van der Waals surface area contributed by atoms with Gasteiger partial charge >= 0.3 is 12.2 Å². The number of nitrogens with zero attached hydrogens (tertiary/aromatic N) is 3. The smallest absolute Gasteiger partial charge is 0.410 e. The van der Waals surface area contributed by atoms with E-state index in [0.717, 1.165) is 16.0 Å². The second-order valence-electron chi connectivity index (χ2n) is 10.7. The summed E-state index contributed by atoms with van der Waals surface area (Å²) in [6, 6.07) is 11.4. The Balaban J connectivity index is 1.49. The lowest BCUT2D eigenvalue weighted by atomic mass is 9.96. The molecule has 1 saturated heterocycles. The van der Waals surface area contributed by atoms with E-state index in [9.17, 15) is 20.0 Å². The van der Waals surface area contributed by atoms with E-state index >= 15 is 0 Å². The summed E-state index contributed by atoms with van der Waals surface area (Å²) in [4.78, 5) is 27.9.